The monoisotopic (exact) mass is 269 g/mol. The molecule has 2 N–H and O–H groups in total. The number of nitro groups is 1. The smallest absolute Gasteiger partial charge is 0.271 e. The highest BCUT2D eigenvalue weighted by atomic mass is 16.6. The van der Waals surface area contributed by atoms with Crippen molar-refractivity contribution in [1.29, 1.82) is 0 Å². The molecule has 2 heterocycles. The summed E-state index contributed by atoms with van der Waals surface area (Å²) in [4.78, 5) is 14.6. The van der Waals surface area contributed by atoms with Crippen LogP contribution in [0.4, 0.5) is 11.5 Å². The number of hydrogen-bond acceptors (Lipinski definition) is 5. The first-order valence-electron chi connectivity index (χ1n) is 5.95. The van der Waals surface area contributed by atoms with Crippen molar-refractivity contribution in [3.8, 4) is 0 Å². The van der Waals surface area contributed by atoms with Crippen LogP contribution in [0.15, 0.2) is 42.6 Å². The molecule has 0 bridgehead atoms. The zero-order chi connectivity index (χ0) is 14.1. The lowest BCUT2D eigenvalue weighted by atomic mass is 10.2. The van der Waals surface area contributed by atoms with Crippen molar-refractivity contribution in [3.05, 3.63) is 58.4 Å². The van der Waals surface area contributed by atoms with Gasteiger partial charge in [-0.2, -0.15) is 5.10 Å². The van der Waals surface area contributed by atoms with E-state index >= 15 is 0 Å². The van der Waals surface area contributed by atoms with Gasteiger partial charge >= 0.3 is 0 Å². The highest BCUT2D eigenvalue weighted by Crippen LogP contribution is 2.21. The topological polar surface area (TPSA) is 99.9 Å². The lowest BCUT2D eigenvalue weighted by Crippen LogP contribution is -2.04. The molecule has 0 saturated heterocycles. The quantitative estimate of drug-likeness (QED) is 0.578. The Bertz CT molecular complexity index is 796. The molecule has 7 heteroatoms. The van der Waals surface area contributed by atoms with Crippen LogP contribution < -0.4 is 5.73 Å². The standard InChI is InChI=1S/C13H11N5O2/c14-13-3-1-2-10(16-13)8-17-12-6-11(18(19)20)5-4-9(12)7-15-17/h1-7H,8H2,(H2,14,16). The van der Waals surface area contributed by atoms with Crippen molar-refractivity contribution < 1.29 is 4.92 Å². The normalized spacial score (nSPS) is 10.8. The predicted octanol–water partition coefficient (Wildman–Crippen LogP) is 1.97. The first-order valence-corrected chi connectivity index (χ1v) is 5.95. The van der Waals surface area contributed by atoms with Crippen LogP contribution in [0.25, 0.3) is 10.9 Å². The van der Waals surface area contributed by atoms with Gasteiger partial charge in [0.05, 0.1) is 28.9 Å². The molecule has 0 aliphatic carbocycles. The number of fused-ring (bicyclic) bond motifs is 1. The molecule has 0 aliphatic heterocycles. The zero-order valence-electron chi connectivity index (χ0n) is 10.4. The summed E-state index contributed by atoms with van der Waals surface area (Å²) in [5.41, 5.74) is 7.12. The van der Waals surface area contributed by atoms with Crippen molar-refractivity contribution in [2.75, 3.05) is 5.73 Å². The molecule has 7 nitrogen and oxygen atoms in total. The number of nitrogen functional groups attached to an aromatic ring is 1. The number of anilines is 1. The number of hydrogen-bond donors (Lipinski definition) is 1. The van der Waals surface area contributed by atoms with Gasteiger partial charge in [0, 0.05) is 17.5 Å². The Hall–Kier alpha value is -2.96. The molecule has 0 aliphatic rings. The molecule has 1 aromatic carbocycles. The first-order chi connectivity index (χ1) is 9.63. The molecule has 0 amide bonds. The lowest BCUT2D eigenvalue weighted by Gasteiger charge is -2.04. The van der Waals surface area contributed by atoms with Gasteiger partial charge < -0.3 is 5.73 Å². The van der Waals surface area contributed by atoms with Gasteiger partial charge in [0.25, 0.3) is 5.69 Å². The summed E-state index contributed by atoms with van der Waals surface area (Å²) in [6.07, 6.45) is 1.67. The second kappa shape index (κ2) is 4.61. The van der Waals surface area contributed by atoms with Crippen molar-refractivity contribution in [3.63, 3.8) is 0 Å². The molecule has 0 spiro atoms. The Labute approximate surface area is 113 Å². The van der Waals surface area contributed by atoms with Crippen molar-refractivity contribution >= 4 is 22.4 Å². The van der Waals surface area contributed by atoms with E-state index in [1.165, 1.54) is 12.1 Å². The second-order valence-electron chi connectivity index (χ2n) is 4.36. The van der Waals surface area contributed by atoms with Gasteiger partial charge in [-0.25, -0.2) is 4.98 Å². The fourth-order valence-corrected chi connectivity index (χ4v) is 2.04. The molecule has 100 valence electrons. The number of nitro benzene ring substituents is 1. The summed E-state index contributed by atoms with van der Waals surface area (Å²) in [6.45, 7) is 0.412. The third-order valence-corrected chi connectivity index (χ3v) is 2.98. The Morgan fingerprint density at radius 3 is 2.90 bits per heavy atom. The van der Waals surface area contributed by atoms with Crippen LogP contribution >= 0.6 is 0 Å². The number of pyridine rings is 1. The van der Waals surface area contributed by atoms with Crippen LogP contribution in [0.1, 0.15) is 5.69 Å². The minimum absolute atomic E-state index is 0.0415. The maximum atomic E-state index is 10.8. The van der Waals surface area contributed by atoms with Crippen LogP contribution in [-0.2, 0) is 6.54 Å². The van der Waals surface area contributed by atoms with Gasteiger partial charge in [0.15, 0.2) is 0 Å². The maximum Gasteiger partial charge on any atom is 0.271 e. The molecule has 0 radical (unpaired) electrons. The van der Waals surface area contributed by atoms with Crippen molar-refractivity contribution in [1.82, 2.24) is 14.8 Å². The Kier molecular flexibility index (Phi) is 2.79. The van der Waals surface area contributed by atoms with E-state index in [-0.39, 0.29) is 5.69 Å². The average Bonchev–Trinajstić information content (AvgIpc) is 2.81. The average molecular weight is 269 g/mol. The van der Waals surface area contributed by atoms with E-state index in [9.17, 15) is 10.1 Å². The van der Waals surface area contributed by atoms with Gasteiger partial charge in [0.2, 0.25) is 0 Å². The number of nitrogens with two attached hydrogens (primary N) is 1. The van der Waals surface area contributed by atoms with E-state index in [2.05, 4.69) is 10.1 Å². The SMILES string of the molecule is Nc1cccc(Cn2ncc3ccc([N+](=O)[O-])cc32)n1. The van der Waals surface area contributed by atoms with E-state index in [1.807, 2.05) is 12.1 Å². The van der Waals surface area contributed by atoms with Gasteiger partial charge in [-0.15, -0.1) is 0 Å². The summed E-state index contributed by atoms with van der Waals surface area (Å²) in [6, 6.07) is 10.0. The summed E-state index contributed by atoms with van der Waals surface area (Å²) >= 11 is 0. The van der Waals surface area contributed by atoms with Crippen LogP contribution in [0, 0.1) is 10.1 Å². The van der Waals surface area contributed by atoms with E-state index in [0.717, 1.165) is 11.1 Å². The first kappa shape index (κ1) is 12.1. The Morgan fingerprint density at radius 1 is 1.30 bits per heavy atom. The fourth-order valence-electron chi connectivity index (χ4n) is 2.04. The van der Waals surface area contributed by atoms with E-state index in [4.69, 9.17) is 5.73 Å². The number of non-ortho nitro benzene ring substituents is 1. The van der Waals surface area contributed by atoms with E-state index in [0.29, 0.717) is 17.9 Å². The molecule has 2 aromatic heterocycles. The third kappa shape index (κ3) is 2.16. The zero-order valence-corrected chi connectivity index (χ0v) is 10.4. The third-order valence-electron chi connectivity index (χ3n) is 2.98. The number of aromatic nitrogens is 3. The lowest BCUT2D eigenvalue weighted by molar-refractivity contribution is -0.384. The Balaban J connectivity index is 2.03. The van der Waals surface area contributed by atoms with Gasteiger partial charge in [-0.05, 0) is 18.2 Å². The number of rotatable bonds is 3. The van der Waals surface area contributed by atoms with Crippen LogP contribution in [0.5, 0.6) is 0 Å². The molecule has 3 aromatic rings. The molecule has 20 heavy (non-hydrogen) atoms. The highest BCUT2D eigenvalue weighted by Gasteiger charge is 2.10. The number of benzene rings is 1. The molecule has 0 fully saturated rings. The molecule has 0 saturated carbocycles. The second-order valence-corrected chi connectivity index (χ2v) is 4.36. The van der Waals surface area contributed by atoms with E-state index in [1.54, 1.807) is 23.0 Å². The maximum absolute atomic E-state index is 10.8. The minimum Gasteiger partial charge on any atom is -0.384 e. The number of nitrogens with zero attached hydrogens (tertiary/aromatic N) is 4. The summed E-state index contributed by atoms with van der Waals surface area (Å²) in [7, 11) is 0. The van der Waals surface area contributed by atoms with Crippen LogP contribution in [0.2, 0.25) is 0 Å². The molecule has 3 rings (SSSR count). The Morgan fingerprint density at radius 2 is 2.15 bits per heavy atom. The summed E-state index contributed by atoms with van der Waals surface area (Å²) in [5.74, 6) is 0.435. The fraction of sp³-hybridized carbons (Fsp3) is 0.0769. The molecule has 0 unspecified atom stereocenters. The molecular weight excluding hydrogens is 258 g/mol. The summed E-state index contributed by atoms with van der Waals surface area (Å²) in [5, 5.41) is 15.9. The highest BCUT2D eigenvalue weighted by molar-refractivity contribution is 5.81. The van der Waals surface area contributed by atoms with Crippen molar-refractivity contribution in [2.45, 2.75) is 6.54 Å². The van der Waals surface area contributed by atoms with Crippen LogP contribution in [-0.4, -0.2) is 19.7 Å². The predicted molar refractivity (Wildman–Crippen MR) is 74.1 cm³/mol. The largest absolute Gasteiger partial charge is 0.384 e. The molecule has 0 atom stereocenters. The van der Waals surface area contributed by atoms with Crippen molar-refractivity contribution in [2.24, 2.45) is 0 Å². The van der Waals surface area contributed by atoms with E-state index < -0.39 is 4.92 Å². The summed E-state index contributed by atoms with van der Waals surface area (Å²) < 4.78 is 1.67. The van der Waals surface area contributed by atoms with Crippen LogP contribution in [0.3, 0.4) is 0 Å². The van der Waals surface area contributed by atoms with Gasteiger partial charge in [-0.1, -0.05) is 6.07 Å². The van der Waals surface area contributed by atoms with Gasteiger partial charge in [0.1, 0.15) is 5.82 Å². The minimum atomic E-state index is -0.421. The van der Waals surface area contributed by atoms with Gasteiger partial charge in [-0.3, -0.25) is 14.8 Å². The molecular formula is C13H11N5O2.